The van der Waals surface area contributed by atoms with Gasteiger partial charge in [-0.2, -0.15) is 0 Å². The molecule has 2 N–H and O–H groups in total. The molecule has 0 fully saturated rings. The summed E-state index contributed by atoms with van der Waals surface area (Å²) in [5.41, 5.74) is 4.74. The molecule has 3 aromatic rings. The van der Waals surface area contributed by atoms with E-state index in [1.165, 1.54) is 11.8 Å². The van der Waals surface area contributed by atoms with Crippen molar-refractivity contribution in [3.05, 3.63) is 89.5 Å². The van der Waals surface area contributed by atoms with Crippen molar-refractivity contribution in [1.82, 2.24) is 0 Å². The van der Waals surface area contributed by atoms with Gasteiger partial charge in [0.15, 0.2) is 0 Å². The van der Waals surface area contributed by atoms with Crippen molar-refractivity contribution in [2.45, 2.75) is 25.2 Å². The number of nitrogens with one attached hydrogen (secondary N) is 2. The number of aryl methyl sites for hydroxylation is 2. The fourth-order valence-corrected chi connectivity index (χ4v) is 3.53. The Labute approximate surface area is 175 Å². The van der Waals surface area contributed by atoms with E-state index in [9.17, 15) is 9.59 Å². The largest absolute Gasteiger partial charge is 0.326 e. The van der Waals surface area contributed by atoms with Crippen LogP contribution < -0.4 is 10.6 Å². The molecule has 0 saturated carbocycles. The third kappa shape index (κ3) is 6.50. The number of benzene rings is 3. The second kappa shape index (κ2) is 9.94. The molecular formula is C24H24N2O2S. The van der Waals surface area contributed by atoms with E-state index in [1.807, 2.05) is 86.6 Å². The van der Waals surface area contributed by atoms with Crippen molar-refractivity contribution in [2.24, 2.45) is 0 Å². The molecule has 0 atom stereocenters. The van der Waals surface area contributed by atoms with E-state index in [0.717, 1.165) is 33.0 Å². The van der Waals surface area contributed by atoms with Gasteiger partial charge in [0.25, 0.3) is 0 Å². The molecule has 4 nitrogen and oxygen atoms in total. The summed E-state index contributed by atoms with van der Waals surface area (Å²) in [6.45, 7) is 3.98. The number of rotatable bonds is 7. The Morgan fingerprint density at radius 3 is 2.28 bits per heavy atom. The summed E-state index contributed by atoms with van der Waals surface area (Å²) in [5, 5.41) is 5.86. The molecule has 0 saturated heterocycles. The van der Waals surface area contributed by atoms with Gasteiger partial charge in [0.1, 0.15) is 0 Å². The Bertz CT molecular complexity index is 986. The number of carbonyl (C=O) groups excluding carboxylic acids is 2. The maximum Gasteiger partial charge on any atom is 0.234 e. The van der Waals surface area contributed by atoms with Crippen LogP contribution in [0.1, 0.15) is 16.7 Å². The molecule has 3 aromatic carbocycles. The Hall–Kier alpha value is -3.05. The number of hydrogen-bond donors (Lipinski definition) is 2. The third-order valence-electron chi connectivity index (χ3n) is 4.38. The van der Waals surface area contributed by atoms with E-state index in [1.54, 1.807) is 0 Å². The predicted octanol–water partition coefficient (Wildman–Crippen LogP) is 5.22. The number of anilines is 2. The first-order chi connectivity index (χ1) is 14.0. The maximum absolute atomic E-state index is 12.2. The average molecular weight is 405 g/mol. The van der Waals surface area contributed by atoms with Gasteiger partial charge in [0.05, 0.1) is 12.2 Å². The quantitative estimate of drug-likeness (QED) is 0.531. The molecule has 0 aliphatic rings. The van der Waals surface area contributed by atoms with Crippen molar-refractivity contribution in [3.8, 4) is 0 Å². The van der Waals surface area contributed by atoms with Gasteiger partial charge < -0.3 is 10.6 Å². The molecule has 5 heteroatoms. The van der Waals surface area contributed by atoms with Crippen molar-refractivity contribution in [1.29, 1.82) is 0 Å². The van der Waals surface area contributed by atoms with Crippen molar-refractivity contribution in [3.63, 3.8) is 0 Å². The lowest BCUT2D eigenvalue weighted by atomic mass is 10.1. The second-order valence-corrected chi connectivity index (χ2v) is 7.94. The standard InChI is InChI=1S/C24H24N2O2S/c1-17-8-9-18(2)22(14-17)26-24(28)16-29-21-12-10-20(11-13-21)25-23(27)15-19-6-4-3-5-7-19/h3-14H,15-16H2,1-2H3,(H,25,27)(H,26,28). The highest BCUT2D eigenvalue weighted by atomic mass is 32.2. The van der Waals surface area contributed by atoms with Gasteiger partial charge in [-0.25, -0.2) is 0 Å². The molecule has 2 amide bonds. The first kappa shape index (κ1) is 20.7. The molecular weight excluding hydrogens is 380 g/mol. The Morgan fingerprint density at radius 1 is 0.828 bits per heavy atom. The van der Waals surface area contributed by atoms with Crippen LogP contribution in [0, 0.1) is 13.8 Å². The topological polar surface area (TPSA) is 58.2 Å². The highest BCUT2D eigenvalue weighted by Gasteiger charge is 2.07. The summed E-state index contributed by atoms with van der Waals surface area (Å²) in [7, 11) is 0. The Balaban J connectivity index is 1.48. The molecule has 0 aliphatic carbocycles. The van der Waals surface area contributed by atoms with E-state index < -0.39 is 0 Å². The van der Waals surface area contributed by atoms with Gasteiger partial charge >= 0.3 is 0 Å². The summed E-state index contributed by atoms with van der Waals surface area (Å²) < 4.78 is 0. The molecule has 0 heterocycles. The molecule has 0 aliphatic heterocycles. The highest BCUT2D eigenvalue weighted by molar-refractivity contribution is 8.00. The van der Waals surface area contributed by atoms with Crippen molar-refractivity contribution >= 4 is 35.0 Å². The summed E-state index contributed by atoms with van der Waals surface area (Å²) in [5.74, 6) is 0.237. The molecule has 0 aromatic heterocycles. The van der Waals surface area contributed by atoms with E-state index in [-0.39, 0.29) is 11.8 Å². The van der Waals surface area contributed by atoms with Gasteiger partial charge in [-0.3, -0.25) is 9.59 Å². The number of carbonyl (C=O) groups is 2. The molecule has 29 heavy (non-hydrogen) atoms. The van der Waals surface area contributed by atoms with Crippen LogP contribution in [-0.4, -0.2) is 17.6 Å². The fraction of sp³-hybridized carbons (Fsp3) is 0.167. The van der Waals surface area contributed by atoms with E-state index in [0.29, 0.717) is 12.2 Å². The SMILES string of the molecule is Cc1ccc(C)c(NC(=O)CSc2ccc(NC(=O)Cc3ccccc3)cc2)c1. The van der Waals surface area contributed by atoms with Crippen LogP contribution in [0.25, 0.3) is 0 Å². The minimum atomic E-state index is -0.0514. The predicted molar refractivity (Wildman–Crippen MR) is 120 cm³/mol. The van der Waals surface area contributed by atoms with Crippen molar-refractivity contribution in [2.75, 3.05) is 16.4 Å². The molecule has 0 radical (unpaired) electrons. The number of hydrogen-bond acceptors (Lipinski definition) is 3. The fourth-order valence-electron chi connectivity index (χ4n) is 2.83. The number of thioether (sulfide) groups is 1. The van der Waals surface area contributed by atoms with Crippen LogP contribution in [0.5, 0.6) is 0 Å². The first-order valence-corrected chi connectivity index (χ1v) is 10.4. The van der Waals surface area contributed by atoms with Gasteiger partial charge in [0.2, 0.25) is 11.8 Å². The van der Waals surface area contributed by atoms with Crippen LogP contribution in [0.2, 0.25) is 0 Å². The van der Waals surface area contributed by atoms with E-state index in [4.69, 9.17) is 0 Å². The lowest BCUT2D eigenvalue weighted by molar-refractivity contribution is -0.115. The third-order valence-corrected chi connectivity index (χ3v) is 5.39. The van der Waals surface area contributed by atoms with E-state index >= 15 is 0 Å². The van der Waals surface area contributed by atoms with Gasteiger partial charge in [-0.15, -0.1) is 11.8 Å². The summed E-state index contributed by atoms with van der Waals surface area (Å²) in [4.78, 5) is 25.4. The van der Waals surface area contributed by atoms with Crippen LogP contribution in [0.4, 0.5) is 11.4 Å². The minimum Gasteiger partial charge on any atom is -0.326 e. The zero-order valence-electron chi connectivity index (χ0n) is 16.6. The van der Waals surface area contributed by atoms with Crippen LogP contribution in [0.3, 0.4) is 0 Å². The average Bonchev–Trinajstić information content (AvgIpc) is 2.71. The lowest BCUT2D eigenvalue weighted by Gasteiger charge is -2.10. The molecule has 0 unspecified atom stereocenters. The molecule has 3 rings (SSSR count). The highest BCUT2D eigenvalue weighted by Crippen LogP contribution is 2.22. The molecule has 0 spiro atoms. The van der Waals surface area contributed by atoms with Crippen molar-refractivity contribution < 1.29 is 9.59 Å². The van der Waals surface area contributed by atoms with Gasteiger partial charge in [-0.05, 0) is 60.9 Å². The number of amides is 2. The van der Waals surface area contributed by atoms with Crippen LogP contribution in [-0.2, 0) is 16.0 Å². The first-order valence-electron chi connectivity index (χ1n) is 9.43. The zero-order chi connectivity index (χ0) is 20.6. The molecule has 148 valence electrons. The summed E-state index contributed by atoms with van der Waals surface area (Å²) in [6.07, 6.45) is 0.343. The second-order valence-electron chi connectivity index (χ2n) is 6.89. The van der Waals surface area contributed by atoms with Gasteiger partial charge in [-0.1, -0.05) is 42.5 Å². The maximum atomic E-state index is 12.2. The monoisotopic (exact) mass is 404 g/mol. The van der Waals surface area contributed by atoms with Crippen LogP contribution in [0.15, 0.2) is 77.7 Å². The normalized spacial score (nSPS) is 10.4. The lowest BCUT2D eigenvalue weighted by Crippen LogP contribution is -2.15. The van der Waals surface area contributed by atoms with Gasteiger partial charge in [0, 0.05) is 16.3 Å². The van der Waals surface area contributed by atoms with E-state index in [2.05, 4.69) is 10.6 Å². The summed E-state index contributed by atoms with van der Waals surface area (Å²) in [6, 6.07) is 23.2. The summed E-state index contributed by atoms with van der Waals surface area (Å²) >= 11 is 1.46. The minimum absolute atomic E-state index is 0.0380. The van der Waals surface area contributed by atoms with Crippen LogP contribution >= 0.6 is 11.8 Å². The smallest absolute Gasteiger partial charge is 0.234 e. The molecule has 0 bridgehead atoms. The Morgan fingerprint density at radius 2 is 1.55 bits per heavy atom. The Kier molecular flexibility index (Phi) is 7.09. The zero-order valence-corrected chi connectivity index (χ0v) is 17.4.